The van der Waals surface area contributed by atoms with Crippen molar-refractivity contribution < 1.29 is 12.8 Å². The van der Waals surface area contributed by atoms with Gasteiger partial charge in [0.15, 0.2) is 0 Å². The number of aryl methyl sites for hydroxylation is 1. The van der Waals surface area contributed by atoms with Gasteiger partial charge in [-0.25, -0.2) is 17.5 Å². The smallest absolute Gasteiger partial charge is 0.241 e. The highest BCUT2D eigenvalue weighted by Crippen LogP contribution is 2.21. The summed E-state index contributed by atoms with van der Waals surface area (Å²) in [7, 11) is -3.89. The first-order chi connectivity index (χ1) is 9.85. The third-order valence-corrected chi connectivity index (χ3v) is 4.59. The summed E-state index contributed by atoms with van der Waals surface area (Å²) in [6.45, 7) is 3.86. The zero-order valence-electron chi connectivity index (χ0n) is 11.7. The van der Waals surface area contributed by atoms with Crippen molar-refractivity contribution in [3.05, 3.63) is 35.7 Å². The Morgan fingerprint density at radius 3 is 2.81 bits per heavy atom. The molecule has 1 aromatic heterocycles. The van der Waals surface area contributed by atoms with E-state index < -0.39 is 15.8 Å². The fraction of sp³-hybridized carbons (Fsp3) is 0.333. The maximum Gasteiger partial charge on any atom is 0.241 e. The standard InChI is InChI=1S/C12H16FN5O2S/c1-3-18-7-15-17-12(18)6-16-21(19,20)11-5-9(14)4-10(13)8(11)2/h4-5,7,16H,3,6,14H2,1-2H3. The molecule has 0 saturated carbocycles. The number of nitrogens with one attached hydrogen (secondary N) is 1. The number of nitrogen functional groups attached to an aromatic ring is 1. The van der Waals surface area contributed by atoms with Crippen molar-refractivity contribution in [3.63, 3.8) is 0 Å². The van der Waals surface area contributed by atoms with Gasteiger partial charge in [0, 0.05) is 17.8 Å². The first-order valence-electron chi connectivity index (χ1n) is 6.27. The van der Waals surface area contributed by atoms with Gasteiger partial charge < -0.3 is 10.3 Å². The molecule has 0 radical (unpaired) electrons. The SMILES string of the molecule is CCn1cnnc1CNS(=O)(=O)c1cc(N)cc(F)c1C. The lowest BCUT2D eigenvalue weighted by molar-refractivity contribution is 0.569. The van der Waals surface area contributed by atoms with Crippen molar-refractivity contribution in [2.75, 3.05) is 5.73 Å². The van der Waals surface area contributed by atoms with Gasteiger partial charge in [-0.15, -0.1) is 10.2 Å². The van der Waals surface area contributed by atoms with E-state index in [1.165, 1.54) is 19.3 Å². The number of halogens is 1. The summed E-state index contributed by atoms with van der Waals surface area (Å²) in [5.74, 6) is -0.185. The van der Waals surface area contributed by atoms with Crippen LogP contribution < -0.4 is 10.5 Å². The molecule has 1 heterocycles. The Morgan fingerprint density at radius 1 is 1.43 bits per heavy atom. The molecule has 0 fully saturated rings. The van der Waals surface area contributed by atoms with Gasteiger partial charge in [0.05, 0.1) is 11.4 Å². The third-order valence-electron chi connectivity index (χ3n) is 3.07. The van der Waals surface area contributed by atoms with Gasteiger partial charge in [0.25, 0.3) is 0 Å². The van der Waals surface area contributed by atoms with Gasteiger partial charge in [-0.3, -0.25) is 0 Å². The number of benzene rings is 1. The van der Waals surface area contributed by atoms with E-state index in [2.05, 4.69) is 14.9 Å². The lowest BCUT2D eigenvalue weighted by Gasteiger charge is -2.11. The van der Waals surface area contributed by atoms with Crippen LogP contribution in [0.2, 0.25) is 0 Å². The van der Waals surface area contributed by atoms with Gasteiger partial charge in [0.2, 0.25) is 10.0 Å². The minimum atomic E-state index is -3.89. The van der Waals surface area contributed by atoms with Crippen LogP contribution in [0.4, 0.5) is 10.1 Å². The van der Waals surface area contributed by atoms with Gasteiger partial charge in [0.1, 0.15) is 18.0 Å². The lowest BCUT2D eigenvalue weighted by Crippen LogP contribution is -2.26. The largest absolute Gasteiger partial charge is 0.399 e. The minimum Gasteiger partial charge on any atom is -0.399 e. The second-order valence-electron chi connectivity index (χ2n) is 4.48. The molecule has 0 unspecified atom stereocenters. The highest BCUT2D eigenvalue weighted by molar-refractivity contribution is 7.89. The zero-order valence-corrected chi connectivity index (χ0v) is 12.5. The summed E-state index contributed by atoms with van der Waals surface area (Å²) < 4.78 is 42.2. The molecular weight excluding hydrogens is 297 g/mol. The molecule has 9 heteroatoms. The zero-order chi connectivity index (χ0) is 15.6. The van der Waals surface area contributed by atoms with Crippen molar-refractivity contribution in [3.8, 4) is 0 Å². The Hall–Kier alpha value is -2.00. The molecule has 21 heavy (non-hydrogen) atoms. The van der Waals surface area contributed by atoms with Crippen LogP contribution in [-0.2, 0) is 23.1 Å². The Labute approximate surface area is 122 Å². The third kappa shape index (κ3) is 3.19. The van der Waals surface area contributed by atoms with E-state index in [4.69, 9.17) is 5.73 Å². The van der Waals surface area contributed by atoms with E-state index in [0.29, 0.717) is 12.4 Å². The monoisotopic (exact) mass is 313 g/mol. The van der Waals surface area contributed by atoms with Crippen molar-refractivity contribution in [2.24, 2.45) is 0 Å². The van der Waals surface area contributed by atoms with Crippen molar-refractivity contribution in [2.45, 2.75) is 31.8 Å². The van der Waals surface area contributed by atoms with Crippen LogP contribution in [0.1, 0.15) is 18.3 Å². The fourth-order valence-electron chi connectivity index (χ4n) is 1.87. The Balaban J connectivity index is 2.27. The highest BCUT2D eigenvalue weighted by Gasteiger charge is 2.20. The second-order valence-corrected chi connectivity index (χ2v) is 6.22. The molecule has 1 aromatic carbocycles. The van der Waals surface area contributed by atoms with Crippen LogP contribution in [0.15, 0.2) is 23.4 Å². The van der Waals surface area contributed by atoms with Crippen molar-refractivity contribution in [1.29, 1.82) is 0 Å². The summed E-state index contributed by atoms with van der Waals surface area (Å²) in [4.78, 5) is -0.178. The minimum absolute atomic E-state index is 0.0219. The summed E-state index contributed by atoms with van der Waals surface area (Å²) in [5, 5.41) is 7.54. The van der Waals surface area contributed by atoms with Crippen molar-refractivity contribution >= 4 is 15.7 Å². The lowest BCUT2D eigenvalue weighted by atomic mass is 10.2. The van der Waals surface area contributed by atoms with E-state index in [9.17, 15) is 12.8 Å². The summed E-state index contributed by atoms with van der Waals surface area (Å²) in [5.41, 5.74) is 5.58. The van der Waals surface area contributed by atoms with Crippen molar-refractivity contribution in [1.82, 2.24) is 19.5 Å². The van der Waals surface area contributed by atoms with Crippen LogP contribution in [0, 0.1) is 12.7 Å². The molecule has 0 saturated heterocycles. The molecule has 7 nitrogen and oxygen atoms in total. The number of hydrogen-bond donors (Lipinski definition) is 2. The average Bonchev–Trinajstić information content (AvgIpc) is 2.88. The topological polar surface area (TPSA) is 103 Å². The number of aromatic nitrogens is 3. The predicted octanol–water partition coefficient (Wildman–Crippen LogP) is 0.806. The van der Waals surface area contributed by atoms with Gasteiger partial charge in [-0.1, -0.05) is 0 Å². The molecule has 0 aliphatic heterocycles. The van der Waals surface area contributed by atoms with Crippen LogP contribution in [0.3, 0.4) is 0 Å². The molecule has 0 atom stereocenters. The molecule has 0 amide bonds. The quantitative estimate of drug-likeness (QED) is 0.795. The molecule has 0 bridgehead atoms. The first-order valence-corrected chi connectivity index (χ1v) is 7.75. The van der Waals surface area contributed by atoms with E-state index >= 15 is 0 Å². The fourth-order valence-corrected chi connectivity index (χ4v) is 3.14. The maximum absolute atomic E-state index is 13.6. The Bertz CT molecular complexity index is 757. The highest BCUT2D eigenvalue weighted by atomic mass is 32.2. The Morgan fingerprint density at radius 2 is 2.14 bits per heavy atom. The molecule has 114 valence electrons. The number of nitrogens with two attached hydrogens (primary N) is 1. The van der Waals surface area contributed by atoms with E-state index in [1.807, 2.05) is 6.92 Å². The second kappa shape index (κ2) is 5.78. The predicted molar refractivity (Wildman–Crippen MR) is 75.3 cm³/mol. The number of sulfonamides is 1. The van der Waals surface area contributed by atoms with Gasteiger partial charge in [-0.2, -0.15) is 0 Å². The molecule has 2 rings (SSSR count). The average molecular weight is 313 g/mol. The van der Waals surface area contributed by atoms with Crippen LogP contribution in [0.25, 0.3) is 0 Å². The van der Waals surface area contributed by atoms with Crippen LogP contribution in [-0.4, -0.2) is 23.2 Å². The van der Waals surface area contributed by atoms with E-state index in [0.717, 1.165) is 6.07 Å². The van der Waals surface area contributed by atoms with Crippen LogP contribution >= 0.6 is 0 Å². The molecule has 2 aromatic rings. The summed E-state index contributed by atoms with van der Waals surface area (Å²) in [6.07, 6.45) is 1.51. The van der Waals surface area contributed by atoms with E-state index in [-0.39, 0.29) is 22.7 Å². The number of rotatable bonds is 5. The first kappa shape index (κ1) is 15.4. The Kier molecular flexibility index (Phi) is 4.24. The normalized spacial score (nSPS) is 11.8. The van der Waals surface area contributed by atoms with Crippen LogP contribution in [0.5, 0.6) is 0 Å². The van der Waals surface area contributed by atoms with Gasteiger partial charge >= 0.3 is 0 Å². The number of nitrogens with zero attached hydrogens (tertiary/aromatic N) is 3. The molecular formula is C12H16FN5O2S. The molecule has 0 aliphatic rings. The molecule has 0 spiro atoms. The summed E-state index contributed by atoms with van der Waals surface area (Å²) in [6, 6.07) is 2.31. The molecule has 3 N–H and O–H groups in total. The number of hydrogen-bond acceptors (Lipinski definition) is 5. The van der Waals surface area contributed by atoms with Gasteiger partial charge in [-0.05, 0) is 26.0 Å². The molecule has 0 aliphatic carbocycles. The number of anilines is 1. The summed E-state index contributed by atoms with van der Waals surface area (Å²) >= 11 is 0. The van der Waals surface area contributed by atoms with E-state index in [1.54, 1.807) is 4.57 Å². The maximum atomic E-state index is 13.6.